The lowest BCUT2D eigenvalue weighted by atomic mass is 10.0. The Labute approximate surface area is 203 Å². The van der Waals surface area contributed by atoms with E-state index in [1.807, 2.05) is 11.4 Å². The minimum Gasteiger partial charge on any atom is -0.378 e. The van der Waals surface area contributed by atoms with Gasteiger partial charge < -0.3 is 15.0 Å². The van der Waals surface area contributed by atoms with Crippen molar-refractivity contribution in [2.24, 2.45) is 5.92 Å². The summed E-state index contributed by atoms with van der Waals surface area (Å²) in [6.45, 7) is 10.2. The predicted molar refractivity (Wildman–Crippen MR) is 134 cm³/mol. The standard InChI is InChI=1S/C24H31N5O2S2/c1-17(2)15-29-23(28-10-12-31-13-11-28)26-27-24(29)33-16-21(30)25-22(20-5-4-14-32-20)19-8-6-18(3)7-9-19/h4-9,14,17,22H,10-13,15-16H2,1-3H3,(H,25,30). The molecule has 1 saturated heterocycles. The molecule has 0 saturated carbocycles. The Morgan fingerprint density at radius 3 is 2.61 bits per heavy atom. The van der Waals surface area contributed by atoms with Crippen LogP contribution < -0.4 is 10.2 Å². The maximum Gasteiger partial charge on any atom is 0.231 e. The van der Waals surface area contributed by atoms with E-state index in [0.29, 0.717) is 19.1 Å². The van der Waals surface area contributed by atoms with Gasteiger partial charge >= 0.3 is 0 Å². The molecule has 0 bridgehead atoms. The Morgan fingerprint density at radius 1 is 1.18 bits per heavy atom. The summed E-state index contributed by atoms with van der Waals surface area (Å²) in [6.07, 6.45) is 0. The van der Waals surface area contributed by atoms with Gasteiger partial charge in [0.1, 0.15) is 0 Å². The van der Waals surface area contributed by atoms with Crippen molar-refractivity contribution in [1.82, 2.24) is 20.1 Å². The van der Waals surface area contributed by atoms with E-state index in [9.17, 15) is 4.79 Å². The van der Waals surface area contributed by atoms with Gasteiger partial charge in [-0.05, 0) is 29.9 Å². The van der Waals surface area contributed by atoms with Gasteiger partial charge in [-0.3, -0.25) is 9.36 Å². The minimum absolute atomic E-state index is 0.0222. The van der Waals surface area contributed by atoms with Gasteiger partial charge in [-0.15, -0.1) is 21.5 Å². The summed E-state index contributed by atoms with van der Waals surface area (Å²) in [5, 5.41) is 14.9. The molecule has 2 aromatic heterocycles. The topological polar surface area (TPSA) is 72.3 Å². The van der Waals surface area contributed by atoms with E-state index in [1.54, 1.807) is 11.3 Å². The molecule has 1 amide bonds. The van der Waals surface area contributed by atoms with Crippen LogP contribution in [0.2, 0.25) is 0 Å². The molecular formula is C24H31N5O2S2. The van der Waals surface area contributed by atoms with Crippen molar-refractivity contribution in [3.8, 4) is 0 Å². The number of morpholine rings is 1. The van der Waals surface area contributed by atoms with Crippen molar-refractivity contribution in [3.05, 3.63) is 57.8 Å². The number of aromatic nitrogens is 3. The summed E-state index contributed by atoms with van der Waals surface area (Å²) >= 11 is 3.09. The molecule has 1 aromatic carbocycles. The lowest BCUT2D eigenvalue weighted by Crippen LogP contribution is -2.38. The van der Waals surface area contributed by atoms with Gasteiger partial charge in [-0.1, -0.05) is 61.5 Å². The molecule has 1 atom stereocenters. The van der Waals surface area contributed by atoms with Crippen LogP contribution in [-0.2, 0) is 16.1 Å². The molecule has 1 N–H and O–H groups in total. The highest BCUT2D eigenvalue weighted by molar-refractivity contribution is 7.99. The number of carbonyl (C=O) groups excluding carboxylic acids is 1. The quantitative estimate of drug-likeness (QED) is 0.460. The van der Waals surface area contributed by atoms with Gasteiger partial charge in [0.25, 0.3) is 0 Å². The molecule has 0 spiro atoms. The number of amides is 1. The van der Waals surface area contributed by atoms with Gasteiger partial charge in [0, 0.05) is 24.5 Å². The van der Waals surface area contributed by atoms with E-state index in [4.69, 9.17) is 4.74 Å². The Bertz CT molecular complexity index is 1030. The number of aryl methyl sites for hydroxylation is 1. The molecule has 176 valence electrons. The highest BCUT2D eigenvalue weighted by Crippen LogP contribution is 2.28. The number of ether oxygens (including phenoxy) is 1. The van der Waals surface area contributed by atoms with Gasteiger partial charge in [0.2, 0.25) is 11.9 Å². The van der Waals surface area contributed by atoms with Gasteiger partial charge in [-0.2, -0.15) is 0 Å². The third-order valence-electron chi connectivity index (χ3n) is 5.42. The van der Waals surface area contributed by atoms with E-state index >= 15 is 0 Å². The van der Waals surface area contributed by atoms with E-state index in [-0.39, 0.29) is 17.7 Å². The molecular weight excluding hydrogens is 454 g/mol. The smallest absolute Gasteiger partial charge is 0.231 e. The zero-order valence-corrected chi connectivity index (χ0v) is 21.0. The van der Waals surface area contributed by atoms with Crippen LogP contribution in [-0.4, -0.2) is 52.7 Å². The van der Waals surface area contributed by atoms with Crippen molar-refractivity contribution in [2.45, 2.75) is 38.5 Å². The maximum atomic E-state index is 13.0. The Kier molecular flexibility index (Phi) is 8.06. The molecule has 1 aliphatic rings. The van der Waals surface area contributed by atoms with E-state index in [0.717, 1.165) is 41.2 Å². The highest BCUT2D eigenvalue weighted by Gasteiger charge is 2.23. The first-order chi connectivity index (χ1) is 16.0. The van der Waals surface area contributed by atoms with E-state index < -0.39 is 0 Å². The van der Waals surface area contributed by atoms with E-state index in [1.165, 1.54) is 17.3 Å². The fraction of sp³-hybridized carbons (Fsp3) is 0.458. The molecule has 1 fully saturated rings. The number of nitrogens with one attached hydrogen (secondary N) is 1. The van der Waals surface area contributed by atoms with Crippen molar-refractivity contribution in [1.29, 1.82) is 0 Å². The van der Waals surface area contributed by atoms with Gasteiger partial charge in [-0.25, -0.2) is 0 Å². The number of thiophene rings is 1. The average molecular weight is 486 g/mol. The van der Waals surface area contributed by atoms with Crippen LogP contribution >= 0.6 is 23.1 Å². The number of hydrogen-bond acceptors (Lipinski definition) is 7. The summed E-state index contributed by atoms with van der Waals surface area (Å²) in [5.41, 5.74) is 2.28. The molecule has 9 heteroatoms. The fourth-order valence-corrected chi connectivity index (χ4v) is 5.33. The lowest BCUT2D eigenvalue weighted by Gasteiger charge is -2.28. The Hall–Kier alpha value is -2.36. The van der Waals surface area contributed by atoms with Crippen LogP contribution in [0.5, 0.6) is 0 Å². The number of rotatable bonds is 9. The SMILES string of the molecule is Cc1ccc(C(NC(=O)CSc2nnc(N3CCOCC3)n2CC(C)C)c2cccs2)cc1. The minimum atomic E-state index is -0.156. The summed E-state index contributed by atoms with van der Waals surface area (Å²) < 4.78 is 7.63. The monoisotopic (exact) mass is 485 g/mol. The molecule has 0 radical (unpaired) electrons. The Balaban J connectivity index is 1.46. The van der Waals surface area contributed by atoms with Crippen LogP contribution in [0.4, 0.5) is 5.95 Å². The number of nitrogens with zero attached hydrogens (tertiary/aromatic N) is 4. The van der Waals surface area contributed by atoms with Crippen molar-refractivity contribution in [3.63, 3.8) is 0 Å². The van der Waals surface area contributed by atoms with Crippen LogP contribution in [0, 0.1) is 12.8 Å². The molecule has 3 heterocycles. The average Bonchev–Trinajstić information content (AvgIpc) is 3.47. The molecule has 4 rings (SSSR count). The molecule has 33 heavy (non-hydrogen) atoms. The van der Waals surface area contributed by atoms with Crippen LogP contribution in [0.3, 0.4) is 0 Å². The molecule has 7 nitrogen and oxygen atoms in total. The zero-order valence-electron chi connectivity index (χ0n) is 19.4. The highest BCUT2D eigenvalue weighted by atomic mass is 32.2. The van der Waals surface area contributed by atoms with Gasteiger partial charge in [0.15, 0.2) is 5.16 Å². The molecule has 1 unspecified atom stereocenters. The number of hydrogen-bond donors (Lipinski definition) is 1. The number of benzene rings is 1. The molecule has 0 aliphatic carbocycles. The summed E-state index contributed by atoms with van der Waals surface area (Å²) in [5.74, 6) is 1.57. The fourth-order valence-electron chi connectivity index (χ4n) is 3.78. The molecule has 1 aliphatic heterocycles. The zero-order chi connectivity index (χ0) is 23.2. The Morgan fingerprint density at radius 2 is 1.94 bits per heavy atom. The second kappa shape index (κ2) is 11.2. The number of carbonyl (C=O) groups is 1. The molecule has 3 aromatic rings. The number of thioether (sulfide) groups is 1. The van der Waals surface area contributed by atoms with Crippen molar-refractivity contribution >= 4 is 35.0 Å². The van der Waals surface area contributed by atoms with Crippen LogP contribution in [0.15, 0.2) is 46.9 Å². The maximum absolute atomic E-state index is 13.0. The van der Waals surface area contributed by atoms with E-state index in [2.05, 4.69) is 76.1 Å². The van der Waals surface area contributed by atoms with Crippen LogP contribution in [0.1, 0.15) is 35.9 Å². The second-order valence-electron chi connectivity index (χ2n) is 8.60. The first-order valence-electron chi connectivity index (χ1n) is 11.3. The summed E-state index contributed by atoms with van der Waals surface area (Å²) in [4.78, 5) is 16.3. The number of anilines is 1. The van der Waals surface area contributed by atoms with Crippen LogP contribution in [0.25, 0.3) is 0 Å². The summed E-state index contributed by atoms with van der Waals surface area (Å²) in [6, 6.07) is 12.3. The second-order valence-corrected chi connectivity index (χ2v) is 10.5. The normalized spacial score (nSPS) is 15.1. The summed E-state index contributed by atoms with van der Waals surface area (Å²) in [7, 11) is 0. The predicted octanol–water partition coefficient (Wildman–Crippen LogP) is 4.14. The lowest BCUT2D eigenvalue weighted by molar-refractivity contribution is -0.119. The third kappa shape index (κ3) is 6.16. The van der Waals surface area contributed by atoms with Crippen molar-refractivity contribution < 1.29 is 9.53 Å². The first kappa shape index (κ1) is 23.8. The first-order valence-corrected chi connectivity index (χ1v) is 13.2. The third-order valence-corrected chi connectivity index (χ3v) is 7.32. The van der Waals surface area contributed by atoms with Crippen molar-refractivity contribution in [2.75, 3.05) is 37.0 Å². The van der Waals surface area contributed by atoms with Gasteiger partial charge in [0.05, 0.1) is 25.0 Å². The largest absolute Gasteiger partial charge is 0.378 e.